The maximum atomic E-state index is 10.3. The Kier molecular flexibility index (Phi) is 8.96. The number of carbonyl (C=O) groups is 3. The van der Waals surface area contributed by atoms with Crippen molar-refractivity contribution in [2.45, 2.75) is 38.4 Å². The first-order chi connectivity index (χ1) is 7.79. The topological polar surface area (TPSA) is 78.9 Å². The maximum Gasteiger partial charge on any atom is 0.293 e. The van der Waals surface area contributed by atoms with Gasteiger partial charge in [-0.25, -0.2) is 0 Å². The molecule has 2 atom stereocenters. The van der Waals surface area contributed by atoms with E-state index in [1.54, 1.807) is 0 Å². The Morgan fingerprint density at radius 2 is 1.62 bits per heavy atom. The lowest BCUT2D eigenvalue weighted by atomic mass is 10.1. The first-order valence-electron chi connectivity index (χ1n) is 5.03. The van der Waals surface area contributed by atoms with Crippen LogP contribution in [0.1, 0.15) is 26.2 Å². The van der Waals surface area contributed by atoms with Gasteiger partial charge in [-0.3, -0.25) is 14.4 Å². The summed E-state index contributed by atoms with van der Waals surface area (Å²) >= 11 is 0. The number of rotatable bonds is 11. The molecule has 2 unspecified atom stereocenters. The van der Waals surface area contributed by atoms with Gasteiger partial charge in [0.05, 0.1) is 0 Å². The van der Waals surface area contributed by atoms with Crippen LogP contribution in [0.4, 0.5) is 0 Å². The van der Waals surface area contributed by atoms with Gasteiger partial charge in [-0.05, 0) is 12.8 Å². The van der Waals surface area contributed by atoms with Gasteiger partial charge in [-0.15, -0.1) is 0 Å². The minimum absolute atomic E-state index is 0.121. The summed E-state index contributed by atoms with van der Waals surface area (Å²) in [4.78, 5) is 30.6. The van der Waals surface area contributed by atoms with Crippen LogP contribution in [0.2, 0.25) is 0 Å². The lowest BCUT2D eigenvalue weighted by Crippen LogP contribution is -2.35. The number of carbonyl (C=O) groups excluding carboxylic acids is 3. The van der Waals surface area contributed by atoms with E-state index in [-0.39, 0.29) is 19.6 Å². The second-order valence-corrected chi connectivity index (χ2v) is 3.11. The monoisotopic (exact) mass is 232 g/mol. The predicted octanol–water partition coefficient (Wildman–Crippen LogP) is 0.433. The van der Waals surface area contributed by atoms with Gasteiger partial charge in [-0.1, -0.05) is 13.3 Å². The highest BCUT2D eigenvalue weighted by Gasteiger charge is 2.24. The van der Waals surface area contributed by atoms with Gasteiger partial charge >= 0.3 is 0 Å². The summed E-state index contributed by atoms with van der Waals surface area (Å²) in [7, 11) is 0. The van der Waals surface area contributed by atoms with E-state index in [9.17, 15) is 14.4 Å². The van der Waals surface area contributed by atoms with E-state index in [4.69, 9.17) is 9.47 Å². The Balaban J connectivity index is 4.29. The largest absolute Gasteiger partial charge is 0.464 e. The average Bonchev–Trinajstić information content (AvgIpc) is 2.30. The fraction of sp³-hybridized carbons (Fsp3) is 0.700. The van der Waals surface area contributed by atoms with E-state index in [1.165, 1.54) is 0 Å². The smallest absolute Gasteiger partial charge is 0.293 e. The van der Waals surface area contributed by atoms with Crippen molar-refractivity contribution in [2.24, 2.45) is 0 Å². The van der Waals surface area contributed by atoms with Gasteiger partial charge in [0.15, 0.2) is 6.10 Å². The average molecular weight is 232 g/mol. The molecule has 0 saturated carbocycles. The van der Waals surface area contributed by atoms with Crippen molar-refractivity contribution in [3.63, 3.8) is 0 Å². The van der Waals surface area contributed by atoms with Crippen LogP contribution < -0.4 is 0 Å². The molecule has 92 valence electrons. The summed E-state index contributed by atoms with van der Waals surface area (Å²) in [5, 5.41) is 0. The molecular formula is C10H16O6. The van der Waals surface area contributed by atoms with Crippen LogP contribution in [0.15, 0.2) is 0 Å². The van der Waals surface area contributed by atoms with Gasteiger partial charge in [0.25, 0.3) is 19.4 Å². The molecule has 0 aliphatic carbocycles. The van der Waals surface area contributed by atoms with Crippen molar-refractivity contribution in [1.82, 2.24) is 0 Å². The molecule has 16 heavy (non-hydrogen) atoms. The van der Waals surface area contributed by atoms with E-state index in [0.717, 1.165) is 12.8 Å². The zero-order valence-corrected chi connectivity index (χ0v) is 9.16. The zero-order valence-electron chi connectivity index (χ0n) is 9.16. The van der Waals surface area contributed by atoms with Gasteiger partial charge in [0.2, 0.25) is 0 Å². The zero-order chi connectivity index (χ0) is 12.2. The Morgan fingerprint density at radius 3 is 2.12 bits per heavy atom. The fourth-order valence-corrected chi connectivity index (χ4v) is 1.26. The second kappa shape index (κ2) is 9.95. The summed E-state index contributed by atoms with van der Waals surface area (Å²) in [6, 6.07) is 0. The third kappa shape index (κ3) is 6.00. The first-order valence-corrected chi connectivity index (χ1v) is 5.03. The highest BCUT2D eigenvalue weighted by Crippen LogP contribution is 2.11. The second-order valence-electron chi connectivity index (χ2n) is 3.11. The standard InChI is InChI=1S/C10H16O6/c1-2-3-4-9(15-7-12)10(16-8-13)5-14-6-11/h6-10H,2-5H2,1H3. The van der Waals surface area contributed by atoms with E-state index >= 15 is 0 Å². The van der Waals surface area contributed by atoms with Gasteiger partial charge in [0.1, 0.15) is 12.7 Å². The number of ether oxygens (including phenoxy) is 3. The molecule has 0 aromatic carbocycles. The highest BCUT2D eigenvalue weighted by atomic mass is 16.6. The SMILES string of the molecule is CCCCC(OC=O)C(COC=O)OC=O. The van der Waals surface area contributed by atoms with Crippen LogP contribution >= 0.6 is 0 Å². The summed E-state index contributed by atoms with van der Waals surface area (Å²) < 4.78 is 14.0. The highest BCUT2D eigenvalue weighted by molar-refractivity contribution is 5.40. The van der Waals surface area contributed by atoms with Crippen LogP contribution in [0.25, 0.3) is 0 Å². The molecule has 0 aliphatic heterocycles. The lowest BCUT2D eigenvalue weighted by molar-refractivity contribution is -0.158. The van der Waals surface area contributed by atoms with Crippen LogP contribution in [0.5, 0.6) is 0 Å². The maximum absolute atomic E-state index is 10.3. The van der Waals surface area contributed by atoms with Crippen molar-refractivity contribution in [3.8, 4) is 0 Å². The molecule has 0 saturated heterocycles. The molecule has 0 aromatic rings. The number of hydrogen-bond acceptors (Lipinski definition) is 6. The summed E-state index contributed by atoms with van der Waals surface area (Å²) in [6.07, 6.45) is 0.956. The Hall–Kier alpha value is -1.59. The molecule has 0 rings (SSSR count). The van der Waals surface area contributed by atoms with Crippen molar-refractivity contribution < 1.29 is 28.6 Å². The van der Waals surface area contributed by atoms with E-state index in [0.29, 0.717) is 12.9 Å². The Morgan fingerprint density at radius 1 is 1.00 bits per heavy atom. The van der Waals surface area contributed by atoms with Gasteiger partial charge in [-0.2, -0.15) is 0 Å². The number of hydrogen-bond donors (Lipinski definition) is 0. The molecule has 0 amide bonds. The molecule has 6 heteroatoms. The Labute approximate surface area is 93.8 Å². The van der Waals surface area contributed by atoms with Crippen molar-refractivity contribution >= 4 is 19.4 Å². The molecule has 0 radical (unpaired) electrons. The third-order valence-electron chi connectivity index (χ3n) is 2.05. The minimum Gasteiger partial charge on any atom is -0.464 e. The van der Waals surface area contributed by atoms with Crippen molar-refractivity contribution in [1.29, 1.82) is 0 Å². The number of unbranched alkanes of at least 4 members (excludes halogenated alkanes) is 1. The molecule has 0 bridgehead atoms. The van der Waals surface area contributed by atoms with Crippen LogP contribution in [0, 0.1) is 0 Å². The first kappa shape index (κ1) is 14.4. The van der Waals surface area contributed by atoms with Crippen LogP contribution in [-0.2, 0) is 28.6 Å². The van der Waals surface area contributed by atoms with Crippen molar-refractivity contribution in [2.75, 3.05) is 6.61 Å². The predicted molar refractivity (Wildman–Crippen MR) is 53.4 cm³/mol. The van der Waals surface area contributed by atoms with E-state index in [1.807, 2.05) is 6.92 Å². The summed E-state index contributed by atoms with van der Waals surface area (Å²) in [6.45, 7) is 2.65. The summed E-state index contributed by atoms with van der Waals surface area (Å²) in [5.74, 6) is 0. The minimum atomic E-state index is -0.751. The normalized spacial score (nSPS) is 13.3. The van der Waals surface area contributed by atoms with Crippen LogP contribution in [0.3, 0.4) is 0 Å². The molecule has 0 heterocycles. The third-order valence-corrected chi connectivity index (χ3v) is 2.05. The fourth-order valence-electron chi connectivity index (χ4n) is 1.26. The lowest BCUT2D eigenvalue weighted by Gasteiger charge is -2.22. The summed E-state index contributed by atoms with van der Waals surface area (Å²) in [5.41, 5.74) is 0. The molecule has 6 nitrogen and oxygen atoms in total. The van der Waals surface area contributed by atoms with E-state index < -0.39 is 12.2 Å². The van der Waals surface area contributed by atoms with E-state index in [2.05, 4.69) is 4.74 Å². The van der Waals surface area contributed by atoms with Gasteiger partial charge in [0, 0.05) is 0 Å². The molecule has 0 N–H and O–H groups in total. The molecule has 0 aliphatic rings. The Bertz CT molecular complexity index is 205. The molecule has 0 fully saturated rings. The van der Waals surface area contributed by atoms with Crippen molar-refractivity contribution in [3.05, 3.63) is 0 Å². The van der Waals surface area contributed by atoms with Gasteiger partial charge < -0.3 is 14.2 Å². The molecule has 0 spiro atoms. The molecule has 0 aromatic heterocycles. The molecular weight excluding hydrogens is 216 g/mol. The van der Waals surface area contributed by atoms with Crippen LogP contribution in [-0.4, -0.2) is 38.2 Å². The quantitative estimate of drug-likeness (QED) is 0.380.